The molecule has 1 rings (SSSR count). The molecule has 1 fully saturated rings. The molecule has 1 saturated heterocycles. The Balaban J connectivity index is 2.39. The SMILES string of the molecule is CCN1CCC(CC)(CCOC)CC1. The summed E-state index contributed by atoms with van der Waals surface area (Å²) < 4.78 is 5.21. The quantitative estimate of drug-likeness (QED) is 0.674. The number of hydrogen-bond acceptors (Lipinski definition) is 2. The summed E-state index contributed by atoms with van der Waals surface area (Å²) in [6, 6.07) is 0. The van der Waals surface area contributed by atoms with Gasteiger partial charge in [0.2, 0.25) is 0 Å². The summed E-state index contributed by atoms with van der Waals surface area (Å²) in [6.07, 6.45) is 5.28. The summed E-state index contributed by atoms with van der Waals surface area (Å²) >= 11 is 0. The van der Waals surface area contributed by atoms with E-state index >= 15 is 0 Å². The van der Waals surface area contributed by atoms with Crippen LogP contribution in [0, 0.1) is 5.41 Å². The van der Waals surface area contributed by atoms with Gasteiger partial charge in [-0.3, -0.25) is 0 Å². The molecule has 0 spiro atoms. The summed E-state index contributed by atoms with van der Waals surface area (Å²) in [5.41, 5.74) is 0.585. The van der Waals surface area contributed by atoms with Gasteiger partial charge in [-0.25, -0.2) is 0 Å². The monoisotopic (exact) mass is 199 g/mol. The maximum atomic E-state index is 5.21. The second-order valence-electron chi connectivity index (χ2n) is 4.53. The largest absolute Gasteiger partial charge is 0.385 e. The third kappa shape index (κ3) is 2.96. The Morgan fingerprint density at radius 2 is 1.86 bits per heavy atom. The number of hydrogen-bond donors (Lipinski definition) is 0. The molecule has 0 N–H and O–H groups in total. The van der Waals surface area contributed by atoms with Gasteiger partial charge in [0.15, 0.2) is 0 Å². The molecule has 0 atom stereocenters. The van der Waals surface area contributed by atoms with E-state index in [-0.39, 0.29) is 0 Å². The zero-order valence-electron chi connectivity index (χ0n) is 10.0. The minimum absolute atomic E-state index is 0.585. The van der Waals surface area contributed by atoms with Crippen LogP contribution in [0.1, 0.15) is 39.5 Å². The van der Waals surface area contributed by atoms with Gasteiger partial charge < -0.3 is 9.64 Å². The molecule has 1 heterocycles. The molecule has 84 valence electrons. The van der Waals surface area contributed by atoms with Crippen molar-refractivity contribution in [2.45, 2.75) is 39.5 Å². The summed E-state index contributed by atoms with van der Waals surface area (Å²) in [5, 5.41) is 0. The van der Waals surface area contributed by atoms with E-state index < -0.39 is 0 Å². The van der Waals surface area contributed by atoms with Gasteiger partial charge in [-0.1, -0.05) is 20.3 Å². The predicted molar refractivity (Wildman–Crippen MR) is 60.6 cm³/mol. The van der Waals surface area contributed by atoms with E-state index in [1.165, 1.54) is 45.3 Å². The van der Waals surface area contributed by atoms with Crippen molar-refractivity contribution in [2.75, 3.05) is 33.4 Å². The number of ether oxygens (including phenoxy) is 1. The third-order valence-corrected chi connectivity index (χ3v) is 3.95. The van der Waals surface area contributed by atoms with Crippen LogP contribution in [0.15, 0.2) is 0 Å². The van der Waals surface area contributed by atoms with Crippen LogP contribution < -0.4 is 0 Å². The first-order valence-corrected chi connectivity index (χ1v) is 5.97. The van der Waals surface area contributed by atoms with E-state index in [4.69, 9.17) is 4.74 Å². The predicted octanol–water partition coefficient (Wildman–Crippen LogP) is 2.54. The van der Waals surface area contributed by atoms with Gasteiger partial charge in [0.25, 0.3) is 0 Å². The lowest BCUT2D eigenvalue weighted by Crippen LogP contribution is -2.40. The highest BCUT2D eigenvalue weighted by Gasteiger charge is 2.31. The van der Waals surface area contributed by atoms with E-state index in [1.54, 1.807) is 0 Å². The lowest BCUT2D eigenvalue weighted by Gasteiger charge is -2.41. The first kappa shape index (κ1) is 12.0. The lowest BCUT2D eigenvalue weighted by molar-refractivity contribution is 0.0630. The molecular formula is C12H25NO. The Morgan fingerprint density at radius 3 is 2.29 bits per heavy atom. The van der Waals surface area contributed by atoms with Crippen LogP contribution in [-0.2, 0) is 4.74 Å². The summed E-state index contributed by atoms with van der Waals surface area (Å²) in [5.74, 6) is 0. The van der Waals surface area contributed by atoms with Crippen LogP contribution in [0.3, 0.4) is 0 Å². The van der Waals surface area contributed by atoms with Crippen molar-refractivity contribution in [3.63, 3.8) is 0 Å². The van der Waals surface area contributed by atoms with Crippen molar-refractivity contribution in [2.24, 2.45) is 5.41 Å². The van der Waals surface area contributed by atoms with Gasteiger partial charge in [0.1, 0.15) is 0 Å². The minimum atomic E-state index is 0.585. The van der Waals surface area contributed by atoms with Crippen LogP contribution in [0.4, 0.5) is 0 Å². The molecule has 0 aromatic heterocycles. The maximum Gasteiger partial charge on any atom is 0.0467 e. The van der Waals surface area contributed by atoms with Crippen LogP contribution in [0.5, 0.6) is 0 Å². The van der Waals surface area contributed by atoms with E-state index in [0.29, 0.717) is 5.41 Å². The molecule has 0 aliphatic carbocycles. The Hall–Kier alpha value is -0.0800. The number of methoxy groups -OCH3 is 1. The highest BCUT2D eigenvalue weighted by molar-refractivity contribution is 4.84. The molecule has 0 unspecified atom stereocenters. The number of likely N-dealkylation sites (tertiary alicyclic amines) is 1. The molecule has 2 heteroatoms. The van der Waals surface area contributed by atoms with Gasteiger partial charge in [0.05, 0.1) is 0 Å². The van der Waals surface area contributed by atoms with E-state index in [1.807, 2.05) is 7.11 Å². The van der Waals surface area contributed by atoms with Gasteiger partial charge in [-0.2, -0.15) is 0 Å². The highest BCUT2D eigenvalue weighted by atomic mass is 16.5. The Bertz CT molecular complexity index is 150. The van der Waals surface area contributed by atoms with Gasteiger partial charge >= 0.3 is 0 Å². The second kappa shape index (κ2) is 5.72. The summed E-state index contributed by atoms with van der Waals surface area (Å²) in [7, 11) is 1.81. The molecule has 0 amide bonds. The molecule has 14 heavy (non-hydrogen) atoms. The molecule has 0 aromatic rings. The van der Waals surface area contributed by atoms with Crippen molar-refractivity contribution in [1.82, 2.24) is 4.90 Å². The van der Waals surface area contributed by atoms with Crippen LogP contribution >= 0.6 is 0 Å². The first-order chi connectivity index (χ1) is 6.76. The van der Waals surface area contributed by atoms with E-state index in [2.05, 4.69) is 18.7 Å². The van der Waals surface area contributed by atoms with Crippen LogP contribution in [0.2, 0.25) is 0 Å². The van der Waals surface area contributed by atoms with E-state index in [0.717, 1.165) is 6.61 Å². The molecule has 0 bridgehead atoms. The Morgan fingerprint density at radius 1 is 1.21 bits per heavy atom. The van der Waals surface area contributed by atoms with Gasteiger partial charge in [0, 0.05) is 13.7 Å². The summed E-state index contributed by atoms with van der Waals surface area (Å²) in [4.78, 5) is 2.56. The van der Waals surface area contributed by atoms with Gasteiger partial charge in [-0.15, -0.1) is 0 Å². The van der Waals surface area contributed by atoms with Crippen LogP contribution in [0.25, 0.3) is 0 Å². The van der Waals surface area contributed by atoms with Crippen LogP contribution in [-0.4, -0.2) is 38.3 Å². The smallest absolute Gasteiger partial charge is 0.0467 e. The van der Waals surface area contributed by atoms with Crippen molar-refractivity contribution in [1.29, 1.82) is 0 Å². The fourth-order valence-electron chi connectivity index (χ4n) is 2.44. The first-order valence-electron chi connectivity index (χ1n) is 5.97. The minimum Gasteiger partial charge on any atom is -0.385 e. The molecule has 0 saturated carbocycles. The molecule has 2 nitrogen and oxygen atoms in total. The van der Waals surface area contributed by atoms with E-state index in [9.17, 15) is 0 Å². The number of rotatable bonds is 5. The topological polar surface area (TPSA) is 12.5 Å². The maximum absolute atomic E-state index is 5.21. The normalized spacial score (nSPS) is 22.5. The summed E-state index contributed by atoms with van der Waals surface area (Å²) in [6.45, 7) is 9.30. The Kier molecular flexibility index (Phi) is 4.90. The zero-order valence-corrected chi connectivity index (χ0v) is 10.0. The van der Waals surface area contributed by atoms with Gasteiger partial charge in [-0.05, 0) is 44.3 Å². The lowest BCUT2D eigenvalue weighted by atomic mass is 9.74. The highest BCUT2D eigenvalue weighted by Crippen LogP contribution is 2.37. The Labute approximate surface area is 88.6 Å². The average molecular weight is 199 g/mol. The molecule has 1 aliphatic rings. The standard InChI is InChI=1S/C12H25NO/c1-4-12(8-11-14-3)6-9-13(5-2)10-7-12/h4-11H2,1-3H3. The van der Waals surface area contributed by atoms with Crippen molar-refractivity contribution < 1.29 is 4.74 Å². The second-order valence-corrected chi connectivity index (χ2v) is 4.53. The fourth-order valence-corrected chi connectivity index (χ4v) is 2.44. The third-order valence-electron chi connectivity index (χ3n) is 3.95. The zero-order chi connectivity index (χ0) is 10.4. The fraction of sp³-hybridized carbons (Fsp3) is 1.00. The van der Waals surface area contributed by atoms with Crippen molar-refractivity contribution in [3.8, 4) is 0 Å². The number of piperidine rings is 1. The molecule has 1 aliphatic heterocycles. The van der Waals surface area contributed by atoms with Crippen molar-refractivity contribution >= 4 is 0 Å². The van der Waals surface area contributed by atoms with Crippen molar-refractivity contribution in [3.05, 3.63) is 0 Å². The molecule has 0 radical (unpaired) electrons. The molecule has 0 aromatic carbocycles. The molecular weight excluding hydrogens is 174 g/mol. The number of nitrogens with zero attached hydrogens (tertiary/aromatic N) is 1. The average Bonchev–Trinajstić information content (AvgIpc) is 2.27.